The normalized spacial score (nSPS) is 12.2. The van der Waals surface area contributed by atoms with Gasteiger partial charge in [-0.25, -0.2) is 0 Å². The number of rotatable bonds is 2. The Balaban J connectivity index is 1.90. The van der Waals surface area contributed by atoms with Crippen LogP contribution >= 0.6 is 0 Å². The average molecular weight is 328 g/mol. The quantitative estimate of drug-likeness (QED) is 0.438. The first-order valence-electron chi connectivity index (χ1n) is 8.86. The first-order chi connectivity index (χ1) is 11.9. The maximum absolute atomic E-state index is 4.75. The van der Waals surface area contributed by atoms with Gasteiger partial charge in [-0.1, -0.05) is 39.0 Å². The molecule has 0 aliphatic heterocycles. The van der Waals surface area contributed by atoms with Gasteiger partial charge in [-0.3, -0.25) is 4.98 Å². The second-order valence-corrected chi connectivity index (χ2v) is 8.16. The van der Waals surface area contributed by atoms with Crippen LogP contribution in [0.15, 0.2) is 61.1 Å². The first kappa shape index (κ1) is 15.9. The Morgan fingerprint density at radius 1 is 1.04 bits per heavy atom. The summed E-state index contributed by atoms with van der Waals surface area (Å²) in [6, 6.07) is 15.2. The number of benzene rings is 1. The van der Waals surface area contributed by atoms with E-state index in [1.165, 1.54) is 33.0 Å². The number of hydrogen-bond donors (Lipinski definition) is 0. The Kier molecular flexibility index (Phi) is 3.64. The highest BCUT2D eigenvalue weighted by molar-refractivity contribution is 5.97. The molecule has 0 aliphatic carbocycles. The van der Waals surface area contributed by atoms with Crippen LogP contribution in [-0.4, -0.2) is 9.38 Å². The summed E-state index contributed by atoms with van der Waals surface area (Å²) in [4.78, 5) is 4.75. The molecule has 0 saturated carbocycles. The molecule has 4 aromatic rings. The fourth-order valence-electron chi connectivity index (χ4n) is 3.50. The van der Waals surface area contributed by atoms with E-state index in [-0.39, 0.29) is 5.41 Å². The number of aromatic nitrogens is 2. The fourth-order valence-corrected chi connectivity index (χ4v) is 3.50. The van der Waals surface area contributed by atoms with Crippen molar-refractivity contribution >= 4 is 16.3 Å². The van der Waals surface area contributed by atoms with Gasteiger partial charge >= 0.3 is 0 Å². The van der Waals surface area contributed by atoms with E-state index in [9.17, 15) is 0 Å². The predicted molar refractivity (Wildman–Crippen MR) is 106 cm³/mol. The van der Waals surface area contributed by atoms with Crippen molar-refractivity contribution in [1.82, 2.24) is 9.38 Å². The van der Waals surface area contributed by atoms with Crippen molar-refractivity contribution in [3.8, 4) is 11.3 Å². The van der Waals surface area contributed by atoms with Crippen molar-refractivity contribution in [2.45, 2.75) is 34.1 Å². The summed E-state index contributed by atoms with van der Waals surface area (Å²) in [6.45, 7) is 9.01. The molecule has 126 valence electrons. The Morgan fingerprint density at radius 3 is 2.68 bits per heavy atom. The standard InChI is InChI=1S/C23H24N2/c1-16-14-24-22(11-18(16)13-23(2,3)4)20-9-5-7-17-15-25-10-6-8-19(25)12-21(17)20/h5-12,14-15H,13H2,1-4H3. The van der Waals surface area contributed by atoms with Gasteiger partial charge in [0.15, 0.2) is 0 Å². The summed E-state index contributed by atoms with van der Waals surface area (Å²) in [7, 11) is 0. The van der Waals surface area contributed by atoms with Gasteiger partial charge in [0.1, 0.15) is 0 Å². The molecule has 2 nitrogen and oxygen atoms in total. The van der Waals surface area contributed by atoms with Crippen molar-refractivity contribution in [3.63, 3.8) is 0 Å². The van der Waals surface area contributed by atoms with Crippen LogP contribution in [0.4, 0.5) is 0 Å². The lowest BCUT2D eigenvalue weighted by molar-refractivity contribution is 0.410. The number of fused-ring (bicyclic) bond motifs is 2. The largest absolute Gasteiger partial charge is 0.323 e. The first-order valence-corrected chi connectivity index (χ1v) is 8.86. The van der Waals surface area contributed by atoms with E-state index < -0.39 is 0 Å². The second kappa shape index (κ2) is 5.73. The molecule has 0 N–H and O–H groups in total. The highest BCUT2D eigenvalue weighted by Gasteiger charge is 2.15. The molecule has 0 amide bonds. The summed E-state index contributed by atoms with van der Waals surface area (Å²) in [5.74, 6) is 0. The van der Waals surface area contributed by atoms with E-state index in [0.29, 0.717) is 0 Å². The third-order valence-corrected chi connectivity index (χ3v) is 4.73. The van der Waals surface area contributed by atoms with Crippen molar-refractivity contribution < 1.29 is 0 Å². The number of nitrogens with zero attached hydrogens (tertiary/aromatic N) is 2. The molecule has 4 rings (SSSR count). The summed E-state index contributed by atoms with van der Waals surface area (Å²) in [5, 5.41) is 2.49. The smallest absolute Gasteiger partial charge is 0.0711 e. The van der Waals surface area contributed by atoms with E-state index in [1.54, 1.807) is 0 Å². The number of hydrogen-bond acceptors (Lipinski definition) is 1. The van der Waals surface area contributed by atoms with Crippen LogP contribution in [-0.2, 0) is 6.42 Å². The Morgan fingerprint density at radius 2 is 1.88 bits per heavy atom. The topological polar surface area (TPSA) is 17.3 Å². The summed E-state index contributed by atoms with van der Waals surface area (Å²) in [5.41, 5.74) is 6.40. The molecule has 0 aliphatic rings. The Bertz CT molecular complexity index is 1060. The minimum absolute atomic E-state index is 0.264. The van der Waals surface area contributed by atoms with Gasteiger partial charge in [0.05, 0.1) is 5.69 Å². The van der Waals surface area contributed by atoms with Crippen molar-refractivity contribution in [2.24, 2.45) is 5.41 Å². The van der Waals surface area contributed by atoms with E-state index in [0.717, 1.165) is 12.1 Å². The molecule has 1 aromatic carbocycles. The maximum Gasteiger partial charge on any atom is 0.0711 e. The van der Waals surface area contributed by atoms with Gasteiger partial charge in [-0.15, -0.1) is 0 Å². The van der Waals surface area contributed by atoms with Gasteiger partial charge in [-0.05, 0) is 64.9 Å². The molecule has 3 aromatic heterocycles. The maximum atomic E-state index is 4.75. The molecular weight excluding hydrogens is 304 g/mol. The van der Waals surface area contributed by atoms with Crippen LogP contribution in [0.2, 0.25) is 0 Å². The van der Waals surface area contributed by atoms with Crippen LogP contribution in [0.3, 0.4) is 0 Å². The highest BCUT2D eigenvalue weighted by atomic mass is 14.8. The van der Waals surface area contributed by atoms with Gasteiger partial charge in [-0.2, -0.15) is 0 Å². The molecule has 0 bridgehead atoms. The zero-order valence-electron chi connectivity index (χ0n) is 15.4. The van der Waals surface area contributed by atoms with Crippen molar-refractivity contribution in [2.75, 3.05) is 0 Å². The zero-order valence-corrected chi connectivity index (χ0v) is 15.4. The molecule has 0 radical (unpaired) electrons. The predicted octanol–water partition coefficient (Wildman–Crippen LogP) is 6.05. The molecule has 0 saturated heterocycles. The molecule has 0 spiro atoms. The van der Waals surface area contributed by atoms with E-state index in [2.05, 4.69) is 87.0 Å². The molecule has 0 fully saturated rings. The third kappa shape index (κ3) is 3.05. The lowest BCUT2D eigenvalue weighted by atomic mass is 9.86. The SMILES string of the molecule is Cc1cnc(-c2cccc3cn4cccc4cc23)cc1CC(C)(C)C. The van der Waals surface area contributed by atoms with Crippen molar-refractivity contribution in [1.29, 1.82) is 0 Å². The molecule has 0 unspecified atom stereocenters. The van der Waals surface area contributed by atoms with Crippen LogP contribution in [0.5, 0.6) is 0 Å². The summed E-state index contributed by atoms with van der Waals surface area (Å²) in [6.07, 6.45) is 7.36. The molecular formula is C23H24N2. The van der Waals surface area contributed by atoms with Crippen LogP contribution in [0, 0.1) is 12.3 Å². The number of pyridine rings is 2. The third-order valence-electron chi connectivity index (χ3n) is 4.73. The summed E-state index contributed by atoms with van der Waals surface area (Å²) < 4.78 is 2.17. The minimum Gasteiger partial charge on any atom is -0.323 e. The van der Waals surface area contributed by atoms with Gasteiger partial charge in [0.25, 0.3) is 0 Å². The van der Waals surface area contributed by atoms with Gasteiger partial charge in [0, 0.05) is 29.7 Å². The lowest BCUT2D eigenvalue weighted by Crippen LogP contribution is -2.10. The lowest BCUT2D eigenvalue weighted by Gasteiger charge is -2.20. The molecule has 3 heterocycles. The molecule has 2 heteroatoms. The van der Waals surface area contributed by atoms with Gasteiger partial charge < -0.3 is 4.40 Å². The zero-order chi connectivity index (χ0) is 17.6. The average Bonchev–Trinajstić information content (AvgIpc) is 3.00. The van der Waals surface area contributed by atoms with Crippen LogP contribution in [0.1, 0.15) is 31.9 Å². The van der Waals surface area contributed by atoms with Crippen molar-refractivity contribution in [3.05, 3.63) is 72.2 Å². The van der Waals surface area contributed by atoms with Crippen LogP contribution in [0.25, 0.3) is 27.5 Å². The second-order valence-electron chi connectivity index (χ2n) is 8.16. The van der Waals surface area contributed by atoms with E-state index >= 15 is 0 Å². The summed E-state index contributed by atoms with van der Waals surface area (Å²) >= 11 is 0. The minimum atomic E-state index is 0.264. The van der Waals surface area contributed by atoms with E-state index in [4.69, 9.17) is 4.98 Å². The van der Waals surface area contributed by atoms with Gasteiger partial charge in [0.2, 0.25) is 0 Å². The highest BCUT2D eigenvalue weighted by Crippen LogP contribution is 2.31. The molecule has 0 atom stereocenters. The molecule has 25 heavy (non-hydrogen) atoms. The monoisotopic (exact) mass is 328 g/mol. The van der Waals surface area contributed by atoms with Crippen LogP contribution < -0.4 is 0 Å². The number of aryl methyl sites for hydroxylation is 1. The van der Waals surface area contributed by atoms with E-state index in [1.807, 2.05) is 6.20 Å². The Labute approximate surface area is 149 Å². The fraction of sp³-hybridized carbons (Fsp3) is 0.261. The Hall–Kier alpha value is -2.61.